The summed E-state index contributed by atoms with van der Waals surface area (Å²) < 4.78 is 7.15. The summed E-state index contributed by atoms with van der Waals surface area (Å²) in [4.78, 5) is 24.4. The molecule has 0 aliphatic carbocycles. The Morgan fingerprint density at radius 3 is 2.62 bits per heavy atom. The van der Waals surface area contributed by atoms with Crippen molar-refractivity contribution >= 4 is 23.7 Å². The first-order valence-electron chi connectivity index (χ1n) is 9.39. The molecule has 1 atom stereocenters. The Morgan fingerprint density at radius 1 is 1.28 bits per heavy atom. The number of aryl methyl sites for hydroxylation is 1. The number of rotatable bonds is 7. The largest absolute Gasteiger partial charge is 0.383 e. The molecule has 0 saturated heterocycles. The molecule has 0 radical (unpaired) electrons. The number of hydrogen-bond donors (Lipinski definition) is 2. The molecular formula is C20H29N5O3S. The monoisotopic (exact) mass is 419 g/mol. The van der Waals surface area contributed by atoms with Crippen LogP contribution in [0.1, 0.15) is 33.3 Å². The van der Waals surface area contributed by atoms with Gasteiger partial charge in [-0.15, -0.1) is 10.2 Å². The topological polar surface area (TPSA) is 98.1 Å². The van der Waals surface area contributed by atoms with E-state index < -0.39 is 22.7 Å². The van der Waals surface area contributed by atoms with Gasteiger partial charge in [0.1, 0.15) is 0 Å². The van der Waals surface area contributed by atoms with Crippen LogP contribution in [0.4, 0.5) is 4.79 Å². The lowest BCUT2D eigenvalue weighted by atomic mass is 10.1. The van der Waals surface area contributed by atoms with Gasteiger partial charge in [0.25, 0.3) is 0 Å². The maximum atomic E-state index is 12.4. The van der Waals surface area contributed by atoms with Gasteiger partial charge in [-0.1, -0.05) is 35.5 Å². The fourth-order valence-electron chi connectivity index (χ4n) is 2.55. The van der Waals surface area contributed by atoms with Crippen molar-refractivity contribution in [1.82, 2.24) is 25.4 Å². The minimum absolute atomic E-state index is 0.393. The molecule has 0 aliphatic heterocycles. The standard InChI is InChI=1S/C20H29N5O3S/c1-13-8-7-9-15(12-13)16-23-24-19(25(16)10-11-28-6)29-14(2)17(26)21-18(27)22-20(3,4)5/h7-9,12,14H,10-11H2,1-6H3,(H2,21,22,26,27)/t14-/m1/s1. The third-order valence-electron chi connectivity index (χ3n) is 3.89. The molecule has 29 heavy (non-hydrogen) atoms. The number of aromatic nitrogens is 3. The van der Waals surface area contributed by atoms with E-state index in [9.17, 15) is 9.59 Å². The van der Waals surface area contributed by atoms with Crippen LogP contribution in [0.25, 0.3) is 11.4 Å². The van der Waals surface area contributed by atoms with Gasteiger partial charge >= 0.3 is 6.03 Å². The van der Waals surface area contributed by atoms with Crippen LogP contribution >= 0.6 is 11.8 Å². The summed E-state index contributed by atoms with van der Waals surface area (Å²) in [6, 6.07) is 7.48. The highest BCUT2D eigenvalue weighted by atomic mass is 32.2. The Balaban J connectivity index is 2.17. The highest BCUT2D eigenvalue weighted by Crippen LogP contribution is 2.27. The van der Waals surface area contributed by atoms with Crippen molar-refractivity contribution in [1.29, 1.82) is 0 Å². The normalized spacial score (nSPS) is 12.5. The van der Waals surface area contributed by atoms with E-state index in [2.05, 4.69) is 20.8 Å². The number of benzene rings is 1. The number of carbonyl (C=O) groups excluding carboxylic acids is 2. The third-order valence-corrected chi connectivity index (χ3v) is 4.97. The Labute approximate surface area is 175 Å². The third kappa shape index (κ3) is 6.86. The Hall–Kier alpha value is -2.39. The van der Waals surface area contributed by atoms with Gasteiger partial charge in [-0.2, -0.15) is 0 Å². The zero-order chi connectivity index (χ0) is 21.6. The number of nitrogens with one attached hydrogen (secondary N) is 2. The first-order valence-corrected chi connectivity index (χ1v) is 10.3. The fraction of sp³-hybridized carbons (Fsp3) is 0.500. The molecule has 8 nitrogen and oxygen atoms in total. The van der Waals surface area contributed by atoms with Gasteiger partial charge in [-0.05, 0) is 40.7 Å². The molecule has 2 aromatic rings. The lowest BCUT2D eigenvalue weighted by Crippen LogP contribution is -2.49. The molecule has 0 bridgehead atoms. The van der Waals surface area contributed by atoms with Crippen LogP contribution in [0.2, 0.25) is 0 Å². The second-order valence-corrected chi connectivity index (χ2v) is 9.08. The molecule has 1 aromatic heterocycles. The van der Waals surface area contributed by atoms with E-state index in [-0.39, 0.29) is 0 Å². The van der Waals surface area contributed by atoms with Gasteiger partial charge in [0.15, 0.2) is 11.0 Å². The summed E-state index contributed by atoms with van der Waals surface area (Å²) in [6.07, 6.45) is 0. The lowest BCUT2D eigenvalue weighted by molar-refractivity contribution is -0.119. The van der Waals surface area contributed by atoms with E-state index in [1.807, 2.05) is 56.5 Å². The van der Waals surface area contributed by atoms with Gasteiger partial charge < -0.3 is 10.1 Å². The Bertz CT molecular complexity index is 860. The SMILES string of the molecule is COCCn1c(S[C@H](C)C(=O)NC(=O)NC(C)(C)C)nnc1-c1cccc(C)c1. The molecule has 0 aliphatic rings. The van der Waals surface area contributed by atoms with Gasteiger partial charge in [0.05, 0.1) is 18.4 Å². The highest BCUT2D eigenvalue weighted by molar-refractivity contribution is 8.00. The smallest absolute Gasteiger partial charge is 0.321 e. The molecule has 0 unspecified atom stereocenters. The number of methoxy groups -OCH3 is 1. The molecule has 0 fully saturated rings. The molecule has 2 N–H and O–H groups in total. The van der Waals surface area contributed by atoms with E-state index in [0.717, 1.165) is 11.1 Å². The van der Waals surface area contributed by atoms with E-state index in [4.69, 9.17) is 4.74 Å². The molecule has 0 spiro atoms. The van der Waals surface area contributed by atoms with Crippen LogP contribution in [-0.2, 0) is 16.1 Å². The van der Waals surface area contributed by atoms with Gasteiger partial charge in [-0.25, -0.2) is 4.79 Å². The summed E-state index contributed by atoms with van der Waals surface area (Å²) in [6.45, 7) is 10.3. The van der Waals surface area contributed by atoms with Crippen molar-refractivity contribution in [2.24, 2.45) is 0 Å². The first kappa shape index (κ1) is 22.9. The van der Waals surface area contributed by atoms with E-state index >= 15 is 0 Å². The van der Waals surface area contributed by atoms with Gasteiger partial charge in [-0.3, -0.25) is 14.7 Å². The summed E-state index contributed by atoms with van der Waals surface area (Å²) >= 11 is 1.25. The Morgan fingerprint density at radius 2 is 2.00 bits per heavy atom. The molecule has 2 rings (SSSR count). The van der Waals surface area contributed by atoms with E-state index in [0.29, 0.717) is 24.1 Å². The van der Waals surface area contributed by atoms with Crippen molar-refractivity contribution < 1.29 is 14.3 Å². The van der Waals surface area contributed by atoms with Crippen molar-refractivity contribution in [3.8, 4) is 11.4 Å². The van der Waals surface area contributed by atoms with Crippen LogP contribution in [0.15, 0.2) is 29.4 Å². The molecule has 0 saturated carbocycles. The predicted octanol–water partition coefficient (Wildman–Crippen LogP) is 3.00. The summed E-state index contributed by atoms with van der Waals surface area (Å²) in [5.41, 5.74) is 1.64. The average Bonchev–Trinajstić information content (AvgIpc) is 3.00. The zero-order valence-corrected chi connectivity index (χ0v) is 18.6. The number of thioether (sulfide) groups is 1. The number of carbonyl (C=O) groups is 2. The molecule has 158 valence electrons. The van der Waals surface area contributed by atoms with Gasteiger partial charge in [0, 0.05) is 18.2 Å². The number of hydrogen-bond acceptors (Lipinski definition) is 6. The fourth-order valence-corrected chi connectivity index (χ4v) is 3.43. The second kappa shape index (κ2) is 9.89. The van der Waals surface area contributed by atoms with Crippen LogP contribution in [0.5, 0.6) is 0 Å². The Kier molecular flexibility index (Phi) is 7.80. The quantitative estimate of drug-likeness (QED) is 0.670. The van der Waals surface area contributed by atoms with Gasteiger partial charge in [0.2, 0.25) is 5.91 Å². The molecule has 1 aromatic carbocycles. The number of urea groups is 1. The summed E-state index contributed by atoms with van der Waals surface area (Å²) in [5.74, 6) is 0.321. The lowest BCUT2D eigenvalue weighted by Gasteiger charge is -2.21. The zero-order valence-electron chi connectivity index (χ0n) is 17.8. The number of ether oxygens (including phenoxy) is 1. The van der Waals surface area contributed by atoms with Crippen LogP contribution in [-0.4, -0.2) is 51.2 Å². The number of amides is 3. The molecule has 3 amide bonds. The molecular weight excluding hydrogens is 390 g/mol. The maximum absolute atomic E-state index is 12.4. The minimum Gasteiger partial charge on any atom is -0.383 e. The predicted molar refractivity (Wildman–Crippen MR) is 114 cm³/mol. The van der Waals surface area contributed by atoms with Crippen molar-refractivity contribution in [3.63, 3.8) is 0 Å². The van der Waals surface area contributed by atoms with Crippen LogP contribution in [0.3, 0.4) is 0 Å². The van der Waals surface area contributed by atoms with Crippen LogP contribution < -0.4 is 10.6 Å². The van der Waals surface area contributed by atoms with E-state index in [1.54, 1.807) is 14.0 Å². The maximum Gasteiger partial charge on any atom is 0.321 e. The summed E-state index contributed by atoms with van der Waals surface area (Å²) in [5, 5.41) is 13.7. The molecule has 9 heteroatoms. The number of nitrogens with zero attached hydrogens (tertiary/aromatic N) is 3. The second-order valence-electron chi connectivity index (χ2n) is 7.77. The first-order chi connectivity index (χ1) is 13.6. The van der Waals surface area contributed by atoms with Crippen molar-refractivity contribution in [2.45, 2.75) is 57.1 Å². The molecule has 1 heterocycles. The number of imide groups is 1. The summed E-state index contributed by atoms with van der Waals surface area (Å²) in [7, 11) is 1.63. The van der Waals surface area contributed by atoms with Crippen molar-refractivity contribution in [3.05, 3.63) is 29.8 Å². The van der Waals surface area contributed by atoms with E-state index in [1.165, 1.54) is 11.8 Å². The highest BCUT2D eigenvalue weighted by Gasteiger charge is 2.23. The van der Waals surface area contributed by atoms with Crippen LogP contribution in [0, 0.1) is 6.92 Å². The van der Waals surface area contributed by atoms with Crippen molar-refractivity contribution in [2.75, 3.05) is 13.7 Å². The average molecular weight is 420 g/mol. The minimum atomic E-state index is -0.531.